The Morgan fingerprint density at radius 3 is 2.50 bits per heavy atom. The van der Waals surface area contributed by atoms with E-state index in [1.54, 1.807) is 0 Å². The zero-order valence-corrected chi connectivity index (χ0v) is 10.1. The molecule has 0 aromatic rings. The number of likely N-dealkylation sites (tertiary alicyclic amines) is 2. The molecule has 2 heterocycles. The van der Waals surface area contributed by atoms with E-state index in [2.05, 4.69) is 11.8 Å². The summed E-state index contributed by atoms with van der Waals surface area (Å²) in [6.45, 7) is 6.67. The molecule has 4 nitrogen and oxygen atoms in total. The van der Waals surface area contributed by atoms with E-state index in [4.69, 9.17) is 5.11 Å². The lowest BCUT2D eigenvalue weighted by atomic mass is 9.98. The van der Waals surface area contributed by atoms with Gasteiger partial charge in [-0.3, -0.25) is 9.69 Å². The Morgan fingerprint density at radius 1 is 1.31 bits per heavy atom. The SMILES string of the molecule is CC1CCN(C(=O)CN2CC(CO)C2)CC1. The molecule has 0 radical (unpaired) electrons. The normalized spacial score (nSPS) is 24.5. The predicted octanol–water partition coefficient (Wildman–Crippen LogP) is 0.169. The Labute approximate surface area is 97.2 Å². The van der Waals surface area contributed by atoms with Crippen LogP contribution in [0.4, 0.5) is 0 Å². The molecular formula is C12H22N2O2. The topological polar surface area (TPSA) is 43.8 Å². The Bertz CT molecular complexity index is 243. The molecule has 1 amide bonds. The Morgan fingerprint density at radius 2 is 1.94 bits per heavy atom. The maximum Gasteiger partial charge on any atom is 0.236 e. The molecule has 0 saturated carbocycles. The molecule has 92 valence electrons. The van der Waals surface area contributed by atoms with Gasteiger partial charge in [-0.15, -0.1) is 0 Å². The first-order chi connectivity index (χ1) is 7.69. The second-order valence-corrected chi connectivity index (χ2v) is 5.31. The number of carbonyl (C=O) groups is 1. The van der Waals surface area contributed by atoms with Crippen LogP contribution in [0.25, 0.3) is 0 Å². The van der Waals surface area contributed by atoms with Crippen molar-refractivity contribution in [3.63, 3.8) is 0 Å². The Kier molecular flexibility index (Phi) is 3.82. The molecule has 4 heteroatoms. The highest BCUT2D eigenvalue weighted by Crippen LogP contribution is 2.18. The van der Waals surface area contributed by atoms with Crippen LogP contribution in [0.1, 0.15) is 19.8 Å². The summed E-state index contributed by atoms with van der Waals surface area (Å²) in [4.78, 5) is 16.0. The van der Waals surface area contributed by atoms with E-state index in [1.807, 2.05) is 4.90 Å². The van der Waals surface area contributed by atoms with Gasteiger partial charge in [0.1, 0.15) is 0 Å². The van der Waals surface area contributed by atoms with Crippen molar-refractivity contribution in [1.29, 1.82) is 0 Å². The molecule has 16 heavy (non-hydrogen) atoms. The van der Waals surface area contributed by atoms with Gasteiger partial charge in [0, 0.05) is 38.7 Å². The first-order valence-electron chi connectivity index (χ1n) is 6.30. The van der Waals surface area contributed by atoms with Gasteiger partial charge in [0.05, 0.1) is 6.54 Å². The fourth-order valence-electron chi connectivity index (χ4n) is 2.47. The third-order valence-electron chi connectivity index (χ3n) is 3.79. The van der Waals surface area contributed by atoms with E-state index >= 15 is 0 Å². The van der Waals surface area contributed by atoms with Gasteiger partial charge in [-0.2, -0.15) is 0 Å². The van der Waals surface area contributed by atoms with Crippen molar-refractivity contribution in [2.75, 3.05) is 39.3 Å². The van der Waals surface area contributed by atoms with Gasteiger partial charge in [-0.25, -0.2) is 0 Å². The van der Waals surface area contributed by atoms with E-state index in [0.717, 1.165) is 44.9 Å². The summed E-state index contributed by atoms with van der Waals surface area (Å²) < 4.78 is 0. The van der Waals surface area contributed by atoms with Crippen LogP contribution in [0.2, 0.25) is 0 Å². The Hall–Kier alpha value is -0.610. The summed E-state index contributed by atoms with van der Waals surface area (Å²) in [5, 5.41) is 8.89. The van der Waals surface area contributed by atoms with Gasteiger partial charge in [0.15, 0.2) is 0 Å². The van der Waals surface area contributed by atoms with Crippen LogP contribution in [-0.2, 0) is 4.79 Å². The highest BCUT2D eigenvalue weighted by Gasteiger charge is 2.29. The molecule has 1 N–H and O–H groups in total. The van der Waals surface area contributed by atoms with Crippen LogP contribution in [0.3, 0.4) is 0 Å². The Balaban J connectivity index is 1.68. The molecule has 0 spiro atoms. The highest BCUT2D eigenvalue weighted by molar-refractivity contribution is 5.78. The van der Waals surface area contributed by atoms with E-state index in [-0.39, 0.29) is 12.5 Å². The molecule has 0 aliphatic carbocycles. The number of aliphatic hydroxyl groups excluding tert-OH is 1. The third-order valence-corrected chi connectivity index (χ3v) is 3.79. The maximum absolute atomic E-state index is 11.9. The fourth-order valence-corrected chi connectivity index (χ4v) is 2.47. The average molecular weight is 226 g/mol. The van der Waals surface area contributed by atoms with Crippen LogP contribution in [-0.4, -0.2) is 60.1 Å². The summed E-state index contributed by atoms with van der Waals surface area (Å²) in [5.41, 5.74) is 0. The van der Waals surface area contributed by atoms with Crippen molar-refractivity contribution in [3.8, 4) is 0 Å². The molecule has 0 aromatic carbocycles. The van der Waals surface area contributed by atoms with Gasteiger partial charge in [0.2, 0.25) is 5.91 Å². The van der Waals surface area contributed by atoms with Gasteiger partial charge in [-0.1, -0.05) is 6.92 Å². The number of aliphatic hydroxyl groups is 1. The monoisotopic (exact) mass is 226 g/mol. The minimum absolute atomic E-state index is 0.256. The largest absolute Gasteiger partial charge is 0.396 e. The molecule has 2 fully saturated rings. The first kappa shape index (κ1) is 11.9. The van der Waals surface area contributed by atoms with Crippen molar-refractivity contribution >= 4 is 5.91 Å². The predicted molar refractivity (Wildman–Crippen MR) is 62.0 cm³/mol. The molecule has 0 atom stereocenters. The van der Waals surface area contributed by atoms with Crippen LogP contribution in [0.15, 0.2) is 0 Å². The zero-order chi connectivity index (χ0) is 11.5. The number of amides is 1. The summed E-state index contributed by atoms with van der Waals surface area (Å²) in [7, 11) is 0. The second kappa shape index (κ2) is 5.15. The summed E-state index contributed by atoms with van der Waals surface area (Å²) >= 11 is 0. The van der Waals surface area contributed by atoms with E-state index in [9.17, 15) is 4.79 Å². The van der Waals surface area contributed by atoms with Crippen LogP contribution in [0, 0.1) is 11.8 Å². The number of hydrogen-bond donors (Lipinski definition) is 1. The second-order valence-electron chi connectivity index (χ2n) is 5.31. The number of nitrogens with zero attached hydrogens (tertiary/aromatic N) is 2. The molecule has 2 aliphatic rings. The van der Waals surface area contributed by atoms with Gasteiger partial charge < -0.3 is 10.0 Å². The number of rotatable bonds is 3. The lowest BCUT2D eigenvalue weighted by Crippen LogP contribution is -2.53. The minimum Gasteiger partial charge on any atom is -0.396 e. The molecule has 0 bridgehead atoms. The fraction of sp³-hybridized carbons (Fsp3) is 0.917. The quantitative estimate of drug-likeness (QED) is 0.746. The van der Waals surface area contributed by atoms with Crippen molar-refractivity contribution in [2.24, 2.45) is 11.8 Å². The standard InChI is InChI=1S/C12H22N2O2/c1-10-2-4-14(5-3-10)12(16)8-13-6-11(7-13)9-15/h10-11,15H,2-9H2,1H3. The molecular weight excluding hydrogens is 204 g/mol. The lowest BCUT2D eigenvalue weighted by molar-refractivity contribution is -0.135. The summed E-state index contributed by atoms with van der Waals surface area (Å²) in [6, 6.07) is 0. The molecule has 2 saturated heterocycles. The number of piperidine rings is 1. The van der Waals surface area contributed by atoms with Gasteiger partial charge >= 0.3 is 0 Å². The van der Waals surface area contributed by atoms with Crippen molar-refractivity contribution in [3.05, 3.63) is 0 Å². The third kappa shape index (κ3) is 2.74. The molecule has 0 unspecified atom stereocenters. The van der Waals surface area contributed by atoms with Gasteiger partial charge in [0.25, 0.3) is 0 Å². The number of carbonyl (C=O) groups excluding carboxylic acids is 1. The minimum atomic E-state index is 0.256. The molecule has 2 aliphatic heterocycles. The summed E-state index contributed by atoms with van der Waals surface area (Å²) in [5.74, 6) is 1.43. The van der Waals surface area contributed by atoms with E-state index in [1.165, 1.54) is 0 Å². The summed E-state index contributed by atoms with van der Waals surface area (Å²) in [6.07, 6.45) is 2.29. The van der Waals surface area contributed by atoms with Crippen LogP contribution < -0.4 is 0 Å². The first-order valence-corrected chi connectivity index (χ1v) is 6.30. The maximum atomic E-state index is 11.9. The van der Waals surface area contributed by atoms with Crippen molar-refractivity contribution < 1.29 is 9.90 Å². The van der Waals surface area contributed by atoms with E-state index in [0.29, 0.717) is 12.5 Å². The number of hydrogen-bond acceptors (Lipinski definition) is 3. The molecule has 0 aromatic heterocycles. The van der Waals surface area contributed by atoms with Crippen LogP contribution >= 0.6 is 0 Å². The molecule has 2 rings (SSSR count). The lowest BCUT2D eigenvalue weighted by Gasteiger charge is -2.39. The van der Waals surface area contributed by atoms with E-state index < -0.39 is 0 Å². The zero-order valence-electron chi connectivity index (χ0n) is 10.1. The van der Waals surface area contributed by atoms with Gasteiger partial charge in [-0.05, 0) is 18.8 Å². The van der Waals surface area contributed by atoms with Crippen molar-refractivity contribution in [1.82, 2.24) is 9.80 Å². The average Bonchev–Trinajstić information content (AvgIpc) is 2.23. The highest BCUT2D eigenvalue weighted by atomic mass is 16.3. The van der Waals surface area contributed by atoms with Crippen molar-refractivity contribution in [2.45, 2.75) is 19.8 Å². The van der Waals surface area contributed by atoms with Crippen LogP contribution in [0.5, 0.6) is 0 Å². The smallest absolute Gasteiger partial charge is 0.236 e.